The Morgan fingerprint density at radius 2 is 2.40 bits per heavy atom. The number of rotatable bonds is 5. The van der Waals surface area contributed by atoms with E-state index in [1.54, 1.807) is 7.11 Å². The van der Waals surface area contributed by atoms with Crippen molar-refractivity contribution in [2.75, 3.05) is 37.9 Å². The molecule has 6 nitrogen and oxygen atoms in total. The number of carbonyl (C=O) groups is 1. The van der Waals surface area contributed by atoms with E-state index in [2.05, 4.69) is 5.32 Å². The third kappa shape index (κ3) is 2.68. The second-order valence-electron chi connectivity index (χ2n) is 4.73. The monoisotopic (exact) mass is 284 g/mol. The molecule has 1 aromatic rings. The van der Waals surface area contributed by atoms with Crippen molar-refractivity contribution in [2.45, 2.75) is 12.0 Å². The number of methoxy groups -OCH3 is 1. The van der Waals surface area contributed by atoms with Crippen molar-refractivity contribution >= 4 is 17.3 Å². The summed E-state index contributed by atoms with van der Waals surface area (Å²) in [5.41, 5.74) is 4.60. The predicted molar refractivity (Wildman–Crippen MR) is 71.4 cm³/mol. The Morgan fingerprint density at radius 1 is 1.65 bits per heavy atom. The molecule has 7 heteroatoms. The van der Waals surface area contributed by atoms with Gasteiger partial charge in [0.1, 0.15) is 17.0 Å². The Morgan fingerprint density at radius 3 is 2.95 bits per heavy atom. The van der Waals surface area contributed by atoms with Crippen LogP contribution in [0.2, 0.25) is 0 Å². The molecule has 1 aliphatic heterocycles. The topological polar surface area (TPSA) is 93.8 Å². The maximum Gasteiger partial charge on any atom is 0.340 e. The number of aromatic carboxylic acids is 1. The normalized spacial score (nSPS) is 21.9. The summed E-state index contributed by atoms with van der Waals surface area (Å²) in [6.07, 6.45) is 0.704. The average Bonchev–Trinajstić information content (AvgIpc) is 2.89. The minimum absolute atomic E-state index is 0.264. The van der Waals surface area contributed by atoms with Gasteiger partial charge in [0.05, 0.1) is 18.0 Å². The molecule has 20 heavy (non-hydrogen) atoms. The quantitative estimate of drug-likeness (QED) is 0.706. The van der Waals surface area contributed by atoms with E-state index in [0.717, 1.165) is 6.07 Å². The van der Waals surface area contributed by atoms with Crippen LogP contribution in [0.15, 0.2) is 12.1 Å². The number of hydrogen-bond donors (Lipinski definition) is 3. The largest absolute Gasteiger partial charge is 0.478 e. The first-order chi connectivity index (χ1) is 9.49. The number of carboxylic acids is 1. The lowest BCUT2D eigenvalue weighted by molar-refractivity contribution is -0.00622. The number of nitrogens with one attached hydrogen (secondary N) is 1. The zero-order valence-electron chi connectivity index (χ0n) is 11.1. The maximum atomic E-state index is 13.3. The molecule has 2 rings (SSSR count). The van der Waals surface area contributed by atoms with Crippen LogP contribution in [-0.2, 0) is 9.47 Å². The highest BCUT2D eigenvalue weighted by Gasteiger charge is 2.35. The van der Waals surface area contributed by atoms with Crippen LogP contribution in [-0.4, -0.2) is 43.5 Å². The molecule has 4 N–H and O–H groups in total. The van der Waals surface area contributed by atoms with Crippen LogP contribution < -0.4 is 11.1 Å². The van der Waals surface area contributed by atoms with Crippen molar-refractivity contribution in [3.05, 3.63) is 23.5 Å². The molecule has 110 valence electrons. The highest BCUT2D eigenvalue weighted by molar-refractivity contribution is 6.00. The van der Waals surface area contributed by atoms with E-state index in [0.29, 0.717) is 26.2 Å². The van der Waals surface area contributed by atoms with Crippen LogP contribution in [0, 0.1) is 5.82 Å². The molecule has 0 spiro atoms. The Bertz CT molecular complexity index is 515. The molecule has 0 amide bonds. The molecule has 1 saturated heterocycles. The van der Waals surface area contributed by atoms with E-state index in [1.807, 2.05) is 0 Å². The Hall–Kier alpha value is -1.86. The van der Waals surface area contributed by atoms with Gasteiger partial charge in [0, 0.05) is 26.7 Å². The van der Waals surface area contributed by atoms with Crippen LogP contribution >= 0.6 is 0 Å². The predicted octanol–water partition coefficient (Wildman–Crippen LogP) is 1.32. The van der Waals surface area contributed by atoms with Gasteiger partial charge in [-0.1, -0.05) is 0 Å². The number of carboxylic acid groups (broad SMARTS) is 1. The van der Waals surface area contributed by atoms with Gasteiger partial charge < -0.3 is 25.6 Å². The van der Waals surface area contributed by atoms with Gasteiger partial charge in [-0.3, -0.25) is 0 Å². The smallest absolute Gasteiger partial charge is 0.340 e. The summed E-state index contributed by atoms with van der Waals surface area (Å²) < 4.78 is 24.1. The minimum atomic E-state index is -1.28. The van der Waals surface area contributed by atoms with E-state index in [-0.39, 0.29) is 16.9 Å². The Balaban J connectivity index is 2.21. The first kappa shape index (κ1) is 14.5. The highest BCUT2D eigenvalue weighted by atomic mass is 19.1. The SMILES string of the molecule is COC1(CNc2ccc(F)c(N)c2C(=O)O)CCOC1. The molecule has 1 fully saturated rings. The Kier molecular flexibility index (Phi) is 4.10. The number of anilines is 2. The van der Waals surface area contributed by atoms with Gasteiger partial charge in [-0.25, -0.2) is 9.18 Å². The van der Waals surface area contributed by atoms with E-state index in [9.17, 15) is 9.18 Å². The first-order valence-electron chi connectivity index (χ1n) is 6.17. The minimum Gasteiger partial charge on any atom is -0.478 e. The second kappa shape index (κ2) is 5.64. The number of halogens is 1. The number of benzene rings is 1. The van der Waals surface area contributed by atoms with E-state index in [1.165, 1.54) is 6.07 Å². The van der Waals surface area contributed by atoms with Crippen molar-refractivity contribution in [1.82, 2.24) is 0 Å². The van der Waals surface area contributed by atoms with Crippen molar-refractivity contribution < 1.29 is 23.8 Å². The Labute approximate surface area is 115 Å². The van der Waals surface area contributed by atoms with Crippen molar-refractivity contribution in [1.29, 1.82) is 0 Å². The summed E-state index contributed by atoms with van der Waals surface area (Å²) in [5, 5.41) is 12.1. The molecule has 0 aromatic heterocycles. The summed E-state index contributed by atoms with van der Waals surface area (Å²) in [7, 11) is 1.58. The molecule has 1 aromatic carbocycles. The molecule has 0 bridgehead atoms. The fourth-order valence-corrected chi connectivity index (χ4v) is 2.19. The first-order valence-corrected chi connectivity index (χ1v) is 6.17. The van der Waals surface area contributed by atoms with Crippen LogP contribution in [0.3, 0.4) is 0 Å². The molecule has 1 aliphatic rings. The zero-order chi connectivity index (χ0) is 14.8. The van der Waals surface area contributed by atoms with Crippen LogP contribution in [0.4, 0.5) is 15.8 Å². The standard InChI is InChI=1S/C13H17FN2O4/c1-19-13(4-5-20-7-13)6-16-9-3-2-8(14)11(15)10(9)12(17)18/h2-3,16H,4-7,15H2,1H3,(H,17,18). The van der Waals surface area contributed by atoms with Crippen molar-refractivity contribution in [3.8, 4) is 0 Å². The molecule has 1 unspecified atom stereocenters. The van der Waals surface area contributed by atoms with Gasteiger partial charge in [0.2, 0.25) is 0 Å². The van der Waals surface area contributed by atoms with E-state index in [4.69, 9.17) is 20.3 Å². The second-order valence-corrected chi connectivity index (χ2v) is 4.73. The van der Waals surface area contributed by atoms with Crippen LogP contribution in [0.25, 0.3) is 0 Å². The summed E-state index contributed by atoms with van der Waals surface area (Å²) in [4.78, 5) is 11.2. The summed E-state index contributed by atoms with van der Waals surface area (Å²) >= 11 is 0. The van der Waals surface area contributed by atoms with Gasteiger partial charge in [0.15, 0.2) is 0 Å². The summed E-state index contributed by atoms with van der Waals surface area (Å²) in [5.74, 6) is -2.03. The number of hydrogen-bond acceptors (Lipinski definition) is 5. The van der Waals surface area contributed by atoms with Crippen LogP contribution in [0.5, 0.6) is 0 Å². The average molecular weight is 284 g/mol. The molecule has 0 saturated carbocycles. The van der Waals surface area contributed by atoms with E-state index >= 15 is 0 Å². The van der Waals surface area contributed by atoms with Gasteiger partial charge in [-0.15, -0.1) is 0 Å². The van der Waals surface area contributed by atoms with Gasteiger partial charge in [0.25, 0.3) is 0 Å². The van der Waals surface area contributed by atoms with Gasteiger partial charge >= 0.3 is 5.97 Å². The fraction of sp³-hybridized carbons (Fsp3) is 0.462. The van der Waals surface area contributed by atoms with E-state index < -0.39 is 17.4 Å². The maximum absolute atomic E-state index is 13.3. The third-order valence-electron chi connectivity index (χ3n) is 3.51. The lowest BCUT2D eigenvalue weighted by Crippen LogP contribution is -2.39. The third-order valence-corrected chi connectivity index (χ3v) is 3.51. The summed E-state index contributed by atoms with van der Waals surface area (Å²) in [6.45, 7) is 1.37. The van der Waals surface area contributed by atoms with Gasteiger partial charge in [-0.05, 0) is 12.1 Å². The molecule has 0 radical (unpaired) electrons. The summed E-state index contributed by atoms with van der Waals surface area (Å²) in [6, 6.07) is 2.49. The number of nitrogens with two attached hydrogens (primary N) is 1. The lowest BCUT2D eigenvalue weighted by Gasteiger charge is -2.27. The fourth-order valence-electron chi connectivity index (χ4n) is 2.19. The van der Waals surface area contributed by atoms with Gasteiger partial charge in [-0.2, -0.15) is 0 Å². The van der Waals surface area contributed by atoms with Crippen molar-refractivity contribution in [2.24, 2.45) is 0 Å². The highest BCUT2D eigenvalue weighted by Crippen LogP contribution is 2.28. The molecular weight excluding hydrogens is 267 g/mol. The lowest BCUT2D eigenvalue weighted by atomic mass is 10.0. The molecule has 1 heterocycles. The van der Waals surface area contributed by atoms with Crippen molar-refractivity contribution in [3.63, 3.8) is 0 Å². The number of nitrogen functional groups attached to an aromatic ring is 1. The molecular formula is C13H17FN2O4. The zero-order valence-corrected chi connectivity index (χ0v) is 11.1. The number of ether oxygens (including phenoxy) is 2. The molecule has 1 atom stereocenters. The van der Waals surface area contributed by atoms with Crippen LogP contribution in [0.1, 0.15) is 16.8 Å². The molecule has 0 aliphatic carbocycles.